The molecule has 0 heterocycles. The fourth-order valence-corrected chi connectivity index (χ4v) is 3.70. The minimum Gasteiger partial charge on any atom is -0.267 e. The normalized spacial score (nSPS) is 11.0. The molecule has 0 aromatic heterocycles. The number of benzene rings is 4. The van der Waals surface area contributed by atoms with Crippen molar-refractivity contribution in [2.24, 2.45) is 0 Å². The van der Waals surface area contributed by atoms with Gasteiger partial charge in [0.2, 0.25) is 0 Å². The molecule has 0 fully saturated rings. The SMILES string of the molecule is CC(C)(C)N(NC(=O)c1ccc(-c2ccccc2)cc1)C(=O)c1ccc(-c2ccccc2)cc1. The molecule has 0 aliphatic carbocycles. The third-order valence-electron chi connectivity index (χ3n) is 5.58. The Morgan fingerprint density at radius 2 is 0.941 bits per heavy atom. The fraction of sp³-hybridized carbons (Fsp3) is 0.133. The molecule has 4 nitrogen and oxygen atoms in total. The monoisotopic (exact) mass is 448 g/mol. The van der Waals surface area contributed by atoms with Crippen LogP contribution in [0, 0.1) is 0 Å². The van der Waals surface area contributed by atoms with Gasteiger partial charge < -0.3 is 0 Å². The van der Waals surface area contributed by atoms with Crippen LogP contribution in [0.5, 0.6) is 0 Å². The van der Waals surface area contributed by atoms with Gasteiger partial charge in [-0.25, -0.2) is 5.01 Å². The highest BCUT2D eigenvalue weighted by Gasteiger charge is 2.29. The molecule has 0 radical (unpaired) electrons. The van der Waals surface area contributed by atoms with Gasteiger partial charge in [0, 0.05) is 11.1 Å². The summed E-state index contributed by atoms with van der Waals surface area (Å²) in [6.07, 6.45) is 0. The van der Waals surface area contributed by atoms with Gasteiger partial charge in [0.1, 0.15) is 0 Å². The first-order chi connectivity index (χ1) is 16.3. The summed E-state index contributed by atoms with van der Waals surface area (Å²) >= 11 is 0. The maximum Gasteiger partial charge on any atom is 0.272 e. The molecule has 0 aliphatic heterocycles. The van der Waals surface area contributed by atoms with Crippen LogP contribution in [0.2, 0.25) is 0 Å². The Balaban J connectivity index is 1.52. The highest BCUT2D eigenvalue weighted by atomic mass is 16.2. The van der Waals surface area contributed by atoms with Crippen LogP contribution in [0.4, 0.5) is 0 Å². The van der Waals surface area contributed by atoms with E-state index in [1.54, 1.807) is 24.3 Å². The minimum absolute atomic E-state index is 0.263. The highest BCUT2D eigenvalue weighted by Crippen LogP contribution is 2.22. The van der Waals surface area contributed by atoms with E-state index in [0.717, 1.165) is 22.3 Å². The van der Waals surface area contributed by atoms with E-state index in [0.29, 0.717) is 11.1 Å². The molecule has 0 saturated heterocycles. The van der Waals surface area contributed by atoms with Crippen LogP contribution in [-0.2, 0) is 0 Å². The van der Waals surface area contributed by atoms with Crippen molar-refractivity contribution in [3.05, 3.63) is 120 Å². The van der Waals surface area contributed by atoms with Crippen LogP contribution in [-0.4, -0.2) is 22.4 Å². The minimum atomic E-state index is -0.616. The number of hydrogen-bond acceptors (Lipinski definition) is 2. The van der Waals surface area contributed by atoms with Gasteiger partial charge in [-0.2, -0.15) is 0 Å². The number of hydrogen-bond donors (Lipinski definition) is 1. The van der Waals surface area contributed by atoms with Gasteiger partial charge in [-0.3, -0.25) is 15.0 Å². The molecule has 1 N–H and O–H groups in total. The van der Waals surface area contributed by atoms with Gasteiger partial charge in [-0.05, 0) is 67.3 Å². The summed E-state index contributed by atoms with van der Waals surface area (Å²) in [7, 11) is 0. The Morgan fingerprint density at radius 3 is 1.35 bits per heavy atom. The van der Waals surface area contributed by atoms with Crippen molar-refractivity contribution in [3.8, 4) is 22.3 Å². The second-order valence-corrected chi connectivity index (χ2v) is 9.14. The second-order valence-electron chi connectivity index (χ2n) is 9.14. The smallest absolute Gasteiger partial charge is 0.267 e. The zero-order chi connectivity index (χ0) is 24.1. The first-order valence-corrected chi connectivity index (χ1v) is 11.3. The van der Waals surface area contributed by atoms with Crippen LogP contribution in [0.25, 0.3) is 22.3 Å². The van der Waals surface area contributed by atoms with Crippen molar-refractivity contribution in [1.82, 2.24) is 10.4 Å². The van der Waals surface area contributed by atoms with Crippen LogP contribution in [0.1, 0.15) is 41.5 Å². The Labute approximate surface area is 200 Å². The Bertz CT molecular complexity index is 1260. The zero-order valence-electron chi connectivity index (χ0n) is 19.7. The summed E-state index contributed by atoms with van der Waals surface area (Å²) in [5.74, 6) is -0.592. The third kappa shape index (κ3) is 5.24. The predicted octanol–water partition coefficient (Wildman–Crippen LogP) is 6.61. The van der Waals surface area contributed by atoms with Crippen molar-refractivity contribution in [1.29, 1.82) is 0 Å². The van der Waals surface area contributed by atoms with E-state index in [2.05, 4.69) is 5.43 Å². The number of nitrogens with one attached hydrogen (secondary N) is 1. The fourth-order valence-electron chi connectivity index (χ4n) is 3.70. The van der Waals surface area contributed by atoms with Gasteiger partial charge in [-0.15, -0.1) is 0 Å². The lowest BCUT2D eigenvalue weighted by Crippen LogP contribution is -2.55. The molecular formula is C30H28N2O2. The summed E-state index contributed by atoms with van der Waals surface area (Å²) in [5, 5.41) is 1.40. The number of hydrazine groups is 1. The van der Waals surface area contributed by atoms with Crippen LogP contribution in [0.3, 0.4) is 0 Å². The van der Waals surface area contributed by atoms with Crippen LogP contribution >= 0.6 is 0 Å². The molecule has 0 aliphatic rings. The molecule has 170 valence electrons. The average Bonchev–Trinajstić information content (AvgIpc) is 2.87. The Morgan fingerprint density at radius 1 is 0.559 bits per heavy atom. The lowest BCUT2D eigenvalue weighted by Gasteiger charge is -2.35. The van der Waals surface area contributed by atoms with Crippen molar-refractivity contribution in [2.45, 2.75) is 26.3 Å². The van der Waals surface area contributed by atoms with Gasteiger partial charge in [0.05, 0.1) is 5.54 Å². The van der Waals surface area contributed by atoms with Crippen molar-refractivity contribution in [2.75, 3.05) is 0 Å². The Kier molecular flexibility index (Phi) is 6.60. The molecule has 4 aromatic rings. The summed E-state index contributed by atoms with van der Waals surface area (Å²) in [6.45, 7) is 5.67. The van der Waals surface area contributed by atoms with Gasteiger partial charge in [0.15, 0.2) is 0 Å². The molecule has 0 spiro atoms. The van der Waals surface area contributed by atoms with Gasteiger partial charge >= 0.3 is 0 Å². The zero-order valence-corrected chi connectivity index (χ0v) is 19.7. The van der Waals surface area contributed by atoms with E-state index in [4.69, 9.17) is 0 Å². The molecule has 2 amide bonds. The van der Waals surface area contributed by atoms with Crippen LogP contribution in [0.15, 0.2) is 109 Å². The Hall–Kier alpha value is -4.18. The number of rotatable bonds is 4. The number of carbonyl (C=O) groups is 2. The maximum atomic E-state index is 13.4. The van der Waals surface area contributed by atoms with Gasteiger partial charge in [-0.1, -0.05) is 84.9 Å². The average molecular weight is 449 g/mol. The largest absolute Gasteiger partial charge is 0.272 e. The first-order valence-electron chi connectivity index (χ1n) is 11.3. The molecular weight excluding hydrogens is 420 g/mol. The summed E-state index contributed by atoms with van der Waals surface area (Å²) in [4.78, 5) is 26.4. The molecule has 0 unspecified atom stereocenters. The molecule has 4 rings (SSSR count). The summed E-state index contributed by atoms with van der Waals surface area (Å²) in [5.41, 5.74) is 7.43. The highest BCUT2D eigenvalue weighted by molar-refractivity contribution is 6.00. The molecule has 0 bridgehead atoms. The summed E-state index contributed by atoms with van der Waals surface area (Å²) < 4.78 is 0. The number of nitrogens with zero attached hydrogens (tertiary/aromatic N) is 1. The van der Waals surface area contributed by atoms with E-state index in [1.807, 2.05) is 106 Å². The molecule has 4 heteroatoms. The molecule has 0 atom stereocenters. The van der Waals surface area contributed by atoms with E-state index < -0.39 is 5.54 Å². The maximum absolute atomic E-state index is 13.4. The predicted molar refractivity (Wildman–Crippen MR) is 137 cm³/mol. The van der Waals surface area contributed by atoms with E-state index in [9.17, 15) is 9.59 Å². The lowest BCUT2D eigenvalue weighted by molar-refractivity contribution is 0.0358. The third-order valence-corrected chi connectivity index (χ3v) is 5.58. The topological polar surface area (TPSA) is 49.4 Å². The molecule has 0 saturated carbocycles. The number of carbonyl (C=O) groups excluding carboxylic acids is 2. The second kappa shape index (κ2) is 9.75. The van der Waals surface area contributed by atoms with Crippen molar-refractivity contribution in [3.63, 3.8) is 0 Å². The van der Waals surface area contributed by atoms with Crippen LogP contribution < -0.4 is 5.43 Å². The van der Waals surface area contributed by atoms with E-state index in [1.165, 1.54) is 5.01 Å². The first kappa shape index (κ1) is 23.0. The van der Waals surface area contributed by atoms with Crippen molar-refractivity contribution < 1.29 is 9.59 Å². The van der Waals surface area contributed by atoms with E-state index in [-0.39, 0.29) is 11.8 Å². The molecule has 4 aromatic carbocycles. The van der Waals surface area contributed by atoms with E-state index >= 15 is 0 Å². The quantitative estimate of drug-likeness (QED) is 0.357. The lowest BCUT2D eigenvalue weighted by atomic mass is 10.0. The molecule has 34 heavy (non-hydrogen) atoms. The standard InChI is InChI=1S/C30H28N2O2/c1-30(2,3)32(29(34)27-20-16-25(17-21-27)23-12-8-5-9-13-23)31-28(33)26-18-14-24(15-19-26)22-10-6-4-7-11-22/h4-21H,1-3H3,(H,31,33). The van der Waals surface area contributed by atoms with Crippen molar-refractivity contribution >= 4 is 11.8 Å². The van der Waals surface area contributed by atoms with Gasteiger partial charge in [0.25, 0.3) is 11.8 Å². The summed E-state index contributed by atoms with van der Waals surface area (Å²) in [6, 6.07) is 34.8. The number of amides is 2.